The number of halogens is 3. The van der Waals surface area contributed by atoms with Crippen LogP contribution in [0.2, 0.25) is 0 Å². The molecule has 2 rings (SSSR count). The van der Waals surface area contributed by atoms with Gasteiger partial charge in [0.25, 0.3) is 0 Å². The molecule has 0 radical (unpaired) electrons. The highest BCUT2D eigenvalue weighted by molar-refractivity contribution is 5.80. The topological polar surface area (TPSA) is 57.5 Å². The fourth-order valence-corrected chi connectivity index (χ4v) is 3.09. The van der Waals surface area contributed by atoms with Crippen LogP contribution >= 0.6 is 0 Å². The highest BCUT2D eigenvalue weighted by Crippen LogP contribution is 2.19. The van der Waals surface area contributed by atoms with Gasteiger partial charge in [-0.2, -0.15) is 13.2 Å². The molecule has 0 bridgehead atoms. The van der Waals surface area contributed by atoms with E-state index in [0.717, 1.165) is 31.8 Å². The Balaban J connectivity index is 1.72. The lowest BCUT2D eigenvalue weighted by molar-refractivity contribution is -0.143. The van der Waals surface area contributed by atoms with E-state index < -0.39 is 12.7 Å². The standard InChI is InChI=1S/C17H29F3N6/c1-3-21-16(23-7-4-5-9-26-11-8-22-14(26)2)24-15-6-10-25(12-15)13-17(18,19)20/h8,11,15H,3-7,9-10,12-13H2,1-2H3,(H2,21,23,24). The van der Waals surface area contributed by atoms with Gasteiger partial charge in [-0.05, 0) is 33.1 Å². The number of aliphatic imine (C=N–C) groups is 1. The van der Waals surface area contributed by atoms with Crippen molar-refractivity contribution in [3.05, 3.63) is 18.2 Å². The first kappa shape index (κ1) is 20.5. The summed E-state index contributed by atoms with van der Waals surface area (Å²) < 4.78 is 39.6. The summed E-state index contributed by atoms with van der Waals surface area (Å²) in [7, 11) is 0. The lowest BCUT2D eigenvalue weighted by atomic mass is 10.3. The van der Waals surface area contributed by atoms with Crippen molar-refractivity contribution in [3.63, 3.8) is 0 Å². The zero-order valence-corrected chi connectivity index (χ0v) is 15.5. The Labute approximate surface area is 152 Å². The smallest absolute Gasteiger partial charge is 0.357 e. The number of rotatable bonds is 8. The van der Waals surface area contributed by atoms with E-state index in [2.05, 4.69) is 25.2 Å². The number of nitrogens with one attached hydrogen (secondary N) is 2. The summed E-state index contributed by atoms with van der Waals surface area (Å²) in [5.41, 5.74) is 0. The summed E-state index contributed by atoms with van der Waals surface area (Å²) in [5, 5.41) is 6.43. The summed E-state index contributed by atoms with van der Waals surface area (Å²) in [6.45, 7) is 6.29. The molecule has 0 aliphatic carbocycles. The van der Waals surface area contributed by atoms with Gasteiger partial charge in [-0.15, -0.1) is 0 Å². The van der Waals surface area contributed by atoms with Crippen LogP contribution in [-0.2, 0) is 6.54 Å². The summed E-state index contributed by atoms with van der Waals surface area (Å²) in [6.07, 6.45) is 2.27. The molecule has 6 nitrogen and oxygen atoms in total. The number of likely N-dealkylation sites (tertiary alicyclic amines) is 1. The predicted octanol–water partition coefficient (Wildman–Crippen LogP) is 2.16. The van der Waals surface area contributed by atoms with Crippen molar-refractivity contribution in [2.75, 3.05) is 32.7 Å². The third-order valence-electron chi connectivity index (χ3n) is 4.36. The molecule has 148 valence electrons. The molecular weight excluding hydrogens is 345 g/mol. The predicted molar refractivity (Wildman–Crippen MR) is 96.2 cm³/mol. The summed E-state index contributed by atoms with van der Waals surface area (Å²) in [5.74, 6) is 1.69. The van der Waals surface area contributed by atoms with Crippen LogP contribution in [0.1, 0.15) is 32.0 Å². The average molecular weight is 374 g/mol. The summed E-state index contributed by atoms with van der Waals surface area (Å²) in [4.78, 5) is 10.2. The third kappa shape index (κ3) is 7.23. The molecular formula is C17H29F3N6. The van der Waals surface area contributed by atoms with E-state index in [4.69, 9.17) is 0 Å². The first-order chi connectivity index (χ1) is 12.4. The van der Waals surface area contributed by atoms with Gasteiger partial charge in [0.05, 0.1) is 6.54 Å². The van der Waals surface area contributed by atoms with Crippen LogP contribution in [0.25, 0.3) is 0 Å². The largest absolute Gasteiger partial charge is 0.401 e. The van der Waals surface area contributed by atoms with Crippen LogP contribution < -0.4 is 10.6 Å². The van der Waals surface area contributed by atoms with E-state index in [9.17, 15) is 13.2 Å². The van der Waals surface area contributed by atoms with Gasteiger partial charge in [-0.3, -0.25) is 9.89 Å². The lowest BCUT2D eigenvalue weighted by Crippen LogP contribution is -2.45. The van der Waals surface area contributed by atoms with E-state index in [1.54, 1.807) is 6.20 Å². The second-order valence-electron chi connectivity index (χ2n) is 6.62. The number of aromatic nitrogens is 2. The van der Waals surface area contributed by atoms with Gasteiger partial charge in [0.15, 0.2) is 5.96 Å². The Morgan fingerprint density at radius 2 is 2.19 bits per heavy atom. The van der Waals surface area contributed by atoms with Crippen LogP contribution in [0.15, 0.2) is 17.4 Å². The maximum Gasteiger partial charge on any atom is 0.401 e. The molecule has 26 heavy (non-hydrogen) atoms. The molecule has 1 aromatic rings. The zero-order valence-electron chi connectivity index (χ0n) is 15.5. The fraction of sp³-hybridized carbons (Fsp3) is 0.765. The average Bonchev–Trinajstić information content (AvgIpc) is 3.15. The third-order valence-corrected chi connectivity index (χ3v) is 4.36. The minimum absolute atomic E-state index is 0.00347. The van der Waals surface area contributed by atoms with Crippen molar-refractivity contribution in [1.82, 2.24) is 25.1 Å². The van der Waals surface area contributed by atoms with Crippen molar-refractivity contribution < 1.29 is 13.2 Å². The van der Waals surface area contributed by atoms with Crippen LogP contribution in [0, 0.1) is 6.92 Å². The first-order valence-electron chi connectivity index (χ1n) is 9.19. The molecule has 2 heterocycles. The molecule has 1 fully saturated rings. The maximum atomic E-state index is 12.5. The quantitative estimate of drug-likeness (QED) is 0.416. The van der Waals surface area contributed by atoms with Crippen molar-refractivity contribution >= 4 is 5.96 Å². The molecule has 0 spiro atoms. The fourth-order valence-electron chi connectivity index (χ4n) is 3.09. The molecule has 1 aliphatic rings. The van der Waals surface area contributed by atoms with Crippen molar-refractivity contribution in [2.45, 2.75) is 51.9 Å². The van der Waals surface area contributed by atoms with Crippen LogP contribution in [0.3, 0.4) is 0 Å². The number of hydrogen-bond donors (Lipinski definition) is 2. The Hall–Kier alpha value is -1.77. The molecule has 1 aliphatic heterocycles. The Morgan fingerprint density at radius 3 is 2.85 bits per heavy atom. The second-order valence-corrected chi connectivity index (χ2v) is 6.62. The number of nitrogens with zero attached hydrogens (tertiary/aromatic N) is 4. The second kappa shape index (κ2) is 9.80. The van der Waals surface area contributed by atoms with E-state index >= 15 is 0 Å². The highest BCUT2D eigenvalue weighted by Gasteiger charge is 2.34. The van der Waals surface area contributed by atoms with E-state index in [-0.39, 0.29) is 6.04 Å². The Morgan fingerprint density at radius 1 is 1.38 bits per heavy atom. The van der Waals surface area contributed by atoms with Gasteiger partial charge in [-0.25, -0.2) is 4.98 Å². The van der Waals surface area contributed by atoms with E-state index in [1.807, 2.05) is 20.0 Å². The Bertz CT molecular complexity index is 569. The van der Waals surface area contributed by atoms with Crippen molar-refractivity contribution in [1.29, 1.82) is 0 Å². The molecule has 9 heteroatoms. The maximum absolute atomic E-state index is 12.5. The van der Waals surface area contributed by atoms with E-state index in [1.165, 1.54) is 4.90 Å². The SMILES string of the molecule is CCNC(=NCCCCn1ccnc1C)NC1CCN(CC(F)(F)F)C1. The van der Waals surface area contributed by atoms with Crippen LogP contribution in [-0.4, -0.2) is 65.4 Å². The normalized spacial score (nSPS) is 19.1. The monoisotopic (exact) mass is 374 g/mol. The van der Waals surface area contributed by atoms with Gasteiger partial charge < -0.3 is 15.2 Å². The molecule has 0 aromatic carbocycles. The van der Waals surface area contributed by atoms with Crippen molar-refractivity contribution in [2.24, 2.45) is 4.99 Å². The molecule has 1 saturated heterocycles. The zero-order chi connectivity index (χ0) is 19.0. The first-order valence-corrected chi connectivity index (χ1v) is 9.19. The van der Waals surface area contributed by atoms with Crippen LogP contribution in [0.5, 0.6) is 0 Å². The number of guanidine groups is 1. The van der Waals surface area contributed by atoms with E-state index in [0.29, 0.717) is 32.0 Å². The molecule has 1 unspecified atom stereocenters. The number of alkyl halides is 3. The number of imidazole rings is 1. The number of unbranched alkanes of at least 4 members (excludes halogenated alkanes) is 1. The van der Waals surface area contributed by atoms with Crippen LogP contribution in [0.4, 0.5) is 13.2 Å². The molecule has 0 saturated carbocycles. The van der Waals surface area contributed by atoms with Gasteiger partial charge in [0.2, 0.25) is 0 Å². The van der Waals surface area contributed by atoms with Gasteiger partial charge in [0.1, 0.15) is 5.82 Å². The molecule has 2 N–H and O–H groups in total. The van der Waals surface area contributed by atoms with Gasteiger partial charge in [0, 0.05) is 51.2 Å². The molecule has 0 amide bonds. The minimum atomic E-state index is -4.14. The van der Waals surface area contributed by atoms with Gasteiger partial charge >= 0.3 is 6.18 Å². The lowest BCUT2D eigenvalue weighted by Gasteiger charge is -2.19. The highest BCUT2D eigenvalue weighted by atomic mass is 19.4. The number of hydrogen-bond acceptors (Lipinski definition) is 3. The molecule has 1 atom stereocenters. The minimum Gasteiger partial charge on any atom is -0.357 e. The van der Waals surface area contributed by atoms with Gasteiger partial charge in [-0.1, -0.05) is 0 Å². The summed E-state index contributed by atoms with van der Waals surface area (Å²) in [6, 6.07) is 0.00347. The Kier molecular flexibility index (Phi) is 7.74. The molecule has 1 aromatic heterocycles. The summed E-state index contributed by atoms with van der Waals surface area (Å²) >= 11 is 0. The number of aryl methyl sites for hydroxylation is 2. The van der Waals surface area contributed by atoms with Crippen molar-refractivity contribution in [3.8, 4) is 0 Å².